The molecule has 0 spiro atoms. The van der Waals surface area contributed by atoms with E-state index >= 15 is 0 Å². The third-order valence-corrected chi connectivity index (χ3v) is 4.41. The number of thiocarbonyl (C=S) groups is 1. The minimum Gasteiger partial charge on any atom is -0.481 e. The highest BCUT2D eigenvalue weighted by Crippen LogP contribution is 2.35. The van der Waals surface area contributed by atoms with Gasteiger partial charge in [0.25, 0.3) is 11.6 Å². The molecule has 24 heavy (non-hydrogen) atoms. The molecule has 0 unspecified atom stereocenters. The van der Waals surface area contributed by atoms with Crippen LogP contribution in [0.3, 0.4) is 0 Å². The number of carboxylic acids is 1. The Morgan fingerprint density at radius 1 is 1.54 bits per heavy atom. The lowest BCUT2D eigenvalue weighted by Crippen LogP contribution is -2.27. The van der Waals surface area contributed by atoms with Gasteiger partial charge in [-0.1, -0.05) is 24.0 Å². The number of nitro groups is 1. The number of carbonyl (C=O) groups excluding carboxylic acids is 1. The first-order chi connectivity index (χ1) is 11.3. The molecule has 0 bridgehead atoms. The lowest BCUT2D eigenvalue weighted by Gasteiger charge is -2.10. The van der Waals surface area contributed by atoms with Crippen molar-refractivity contribution < 1.29 is 24.4 Å². The second-order valence-electron chi connectivity index (χ2n) is 4.59. The molecule has 1 aliphatic rings. The molecule has 2 rings (SSSR count). The highest BCUT2D eigenvalue weighted by molar-refractivity contribution is 8.26. The number of non-ortho nitro benzene ring substituents is 1. The van der Waals surface area contributed by atoms with Crippen LogP contribution in [0.1, 0.15) is 12.5 Å². The predicted octanol–water partition coefficient (Wildman–Crippen LogP) is 2.28. The summed E-state index contributed by atoms with van der Waals surface area (Å²) in [7, 11) is 0. The summed E-state index contributed by atoms with van der Waals surface area (Å²) in [4.78, 5) is 34.9. The van der Waals surface area contributed by atoms with E-state index in [9.17, 15) is 19.7 Å². The summed E-state index contributed by atoms with van der Waals surface area (Å²) in [6, 6.07) is 3.72. The van der Waals surface area contributed by atoms with E-state index in [2.05, 4.69) is 0 Å². The van der Waals surface area contributed by atoms with Gasteiger partial charge in [0.2, 0.25) is 0 Å². The molecule has 1 fully saturated rings. The Kier molecular flexibility index (Phi) is 5.52. The molecular formula is C14H12N2O6S2. The van der Waals surface area contributed by atoms with Gasteiger partial charge in [0.1, 0.15) is 10.1 Å². The topological polar surface area (TPSA) is 110 Å². The zero-order valence-electron chi connectivity index (χ0n) is 12.4. The summed E-state index contributed by atoms with van der Waals surface area (Å²) in [6.07, 6.45) is 1.42. The van der Waals surface area contributed by atoms with E-state index in [0.29, 0.717) is 15.8 Å². The minimum absolute atomic E-state index is 0.129. The van der Waals surface area contributed by atoms with E-state index in [4.69, 9.17) is 22.1 Å². The number of carbonyl (C=O) groups is 2. The van der Waals surface area contributed by atoms with Crippen molar-refractivity contribution >= 4 is 51.9 Å². The number of benzene rings is 1. The Hall–Kier alpha value is -2.46. The smallest absolute Gasteiger partial charge is 0.341 e. The summed E-state index contributed by atoms with van der Waals surface area (Å²) >= 11 is 6.18. The Labute approximate surface area is 146 Å². The Bertz CT molecular complexity index is 762. The molecule has 8 nitrogen and oxygen atoms in total. The second-order valence-corrected chi connectivity index (χ2v) is 6.26. The molecule has 1 heterocycles. The van der Waals surface area contributed by atoms with Crippen LogP contribution in [0.5, 0.6) is 5.75 Å². The van der Waals surface area contributed by atoms with Crippen LogP contribution in [0, 0.1) is 10.1 Å². The molecule has 10 heteroatoms. The number of aliphatic carboxylic acids is 1. The number of hydrogen-bond acceptors (Lipinski definition) is 7. The Balaban J connectivity index is 2.42. The zero-order valence-corrected chi connectivity index (χ0v) is 14.1. The maximum atomic E-state index is 12.2. The van der Waals surface area contributed by atoms with Gasteiger partial charge in [0.15, 0.2) is 6.61 Å². The average Bonchev–Trinajstić information content (AvgIpc) is 2.79. The van der Waals surface area contributed by atoms with Crippen molar-refractivity contribution in [2.75, 3.05) is 13.2 Å². The molecule has 0 radical (unpaired) electrons. The SMILES string of the molecule is CCN1C(=O)/C(=C\c2cc([N+](=O)[O-])ccc2OCC(=O)O)SC1=S. The van der Waals surface area contributed by atoms with Gasteiger partial charge in [0, 0.05) is 24.2 Å². The Morgan fingerprint density at radius 2 is 2.25 bits per heavy atom. The van der Waals surface area contributed by atoms with Gasteiger partial charge < -0.3 is 9.84 Å². The van der Waals surface area contributed by atoms with Crippen molar-refractivity contribution in [2.24, 2.45) is 0 Å². The largest absolute Gasteiger partial charge is 0.481 e. The molecule has 0 atom stereocenters. The summed E-state index contributed by atoms with van der Waals surface area (Å²) in [5.41, 5.74) is 0.0388. The van der Waals surface area contributed by atoms with E-state index < -0.39 is 17.5 Å². The van der Waals surface area contributed by atoms with E-state index in [-0.39, 0.29) is 22.9 Å². The number of ether oxygens (including phenoxy) is 1. The molecule has 0 aliphatic carbocycles. The van der Waals surface area contributed by atoms with Crippen LogP contribution in [0.4, 0.5) is 5.69 Å². The summed E-state index contributed by atoms with van der Waals surface area (Å²) in [5.74, 6) is -1.36. The normalized spacial score (nSPS) is 15.9. The standard InChI is InChI=1S/C14H12N2O6S2/c1-2-15-13(19)11(24-14(15)23)6-8-5-9(16(20)21)3-4-10(8)22-7-12(17)18/h3-6H,2,7H2,1H3,(H,17,18)/b11-6+. The molecule has 1 saturated heterocycles. The Morgan fingerprint density at radius 3 is 2.79 bits per heavy atom. The van der Waals surface area contributed by atoms with Gasteiger partial charge >= 0.3 is 5.97 Å². The van der Waals surface area contributed by atoms with Gasteiger partial charge in [0.05, 0.1) is 9.83 Å². The van der Waals surface area contributed by atoms with Crippen LogP contribution in [0.2, 0.25) is 0 Å². The molecule has 1 aliphatic heterocycles. The third-order valence-electron chi connectivity index (χ3n) is 3.03. The lowest BCUT2D eigenvalue weighted by molar-refractivity contribution is -0.384. The average molecular weight is 368 g/mol. The van der Waals surface area contributed by atoms with E-state index in [1.807, 2.05) is 0 Å². The van der Waals surface area contributed by atoms with Crippen molar-refractivity contribution in [2.45, 2.75) is 6.92 Å². The third kappa shape index (κ3) is 3.89. The maximum absolute atomic E-state index is 12.2. The molecule has 0 aromatic heterocycles. The fraction of sp³-hybridized carbons (Fsp3) is 0.214. The summed E-state index contributed by atoms with van der Waals surface area (Å²) < 4.78 is 5.52. The quantitative estimate of drug-likeness (QED) is 0.352. The van der Waals surface area contributed by atoms with Gasteiger partial charge in [-0.3, -0.25) is 19.8 Å². The van der Waals surface area contributed by atoms with E-state index in [1.54, 1.807) is 6.92 Å². The summed E-state index contributed by atoms with van der Waals surface area (Å²) in [5, 5.41) is 19.6. The van der Waals surface area contributed by atoms with Crippen molar-refractivity contribution in [3.05, 3.63) is 38.8 Å². The first-order valence-electron chi connectivity index (χ1n) is 6.72. The number of nitro benzene ring substituents is 1. The highest BCUT2D eigenvalue weighted by atomic mass is 32.2. The molecule has 1 aromatic carbocycles. The van der Waals surface area contributed by atoms with Gasteiger partial charge in [-0.2, -0.15) is 0 Å². The van der Waals surface area contributed by atoms with Crippen molar-refractivity contribution in [1.82, 2.24) is 4.90 Å². The monoisotopic (exact) mass is 368 g/mol. The minimum atomic E-state index is -1.18. The van der Waals surface area contributed by atoms with Crippen molar-refractivity contribution in [3.8, 4) is 5.75 Å². The summed E-state index contributed by atoms with van der Waals surface area (Å²) in [6.45, 7) is 1.59. The number of nitrogens with zero attached hydrogens (tertiary/aromatic N) is 2. The fourth-order valence-electron chi connectivity index (χ4n) is 1.95. The number of thioether (sulfide) groups is 1. The van der Waals surface area contributed by atoms with Crippen molar-refractivity contribution in [3.63, 3.8) is 0 Å². The van der Waals surface area contributed by atoms with Crippen LogP contribution in [0.15, 0.2) is 23.1 Å². The number of likely N-dealkylation sites (N-methyl/N-ethyl adjacent to an activating group) is 1. The van der Waals surface area contributed by atoms with E-state index in [0.717, 1.165) is 11.8 Å². The van der Waals surface area contributed by atoms with Crippen molar-refractivity contribution in [1.29, 1.82) is 0 Å². The molecule has 0 saturated carbocycles. The van der Waals surface area contributed by atoms with E-state index in [1.165, 1.54) is 29.2 Å². The molecule has 1 N–H and O–H groups in total. The van der Waals surface area contributed by atoms with Crippen LogP contribution in [-0.2, 0) is 9.59 Å². The number of hydrogen-bond donors (Lipinski definition) is 1. The highest BCUT2D eigenvalue weighted by Gasteiger charge is 2.31. The van der Waals surface area contributed by atoms with Gasteiger partial charge in [-0.05, 0) is 19.1 Å². The first-order valence-corrected chi connectivity index (χ1v) is 7.94. The number of amides is 1. The van der Waals surface area contributed by atoms with Gasteiger partial charge in [-0.25, -0.2) is 4.79 Å². The lowest BCUT2D eigenvalue weighted by atomic mass is 10.1. The molecular weight excluding hydrogens is 356 g/mol. The van der Waals surface area contributed by atoms with Crippen LogP contribution in [-0.4, -0.2) is 44.3 Å². The maximum Gasteiger partial charge on any atom is 0.341 e. The number of rotatable bonds is 6. The van der Waals surface area contributed by atoms with Crippen LogP contribution in [0.25, 0.3) is 6.08 Å². The van der Waals surface area contributed by atoms with Crippen LogP contribution < -0.4 is 4.74 Å². The van der Waals surface area contributed by atoms with Gasteiger partial charge in [-0.15, -0.1) is 0 Å². The zero-order chi connectivity index (χ0) is 17.9. The second kappa shape index (κ2) is 7.41. The molecule has 1 amide bonds. The number of carboxylic acid groups (broad SMARTS) is 1. The first kappa shape index (κ1) is 17.9. The fourth-order valence-corrected chi connectivity index (χ4v) is 3.32. The molecule has 1 aromatic rings. The predicted molar refractivity (Wildman–Crippen MR) is 91.8 cm³/mol. The van der Waals surface area contributed by atoms with Crippen LogP contribution >= 0.6 is 24.0 Å². The molecule has 126 valence electrons.